The highest BCUT2D eigenvalue weighted by Crippen LogP contribution is 2.27. The van der Waals surface area contributed by atoms with Crippen LogP contribution in [0.15, 0.2) is 54.6 Å². The van der Waals surface area contributed by atoms with Gasteiger partial charge in [0.05, 0.1) is 23.9 Å². The number of nitriles is 1. The first-order valence-corrected chi connectivity index (χ1v) is 8.29. The van der Waals surface area contributed by atoms with E-state index >= 15 is 0 Å². The molecular formula is C20H19N5O. The molecule has 6 heteroatoms. The number of rotatable bonds is 6. The lowest BCUT2D eigenvalue weighted by atomic mass is 10.2. The number of para-hydroxylation sites is 2. The monoisotopic (exact) mass is 345 g/mol. The molecule has 0 amide bonds. The van der Waals surface area contributed by atoms with Crippen LogP contribution in [-0.4, -0.2) is 16.6 Å². The zero-order valence-corrected chi connectivity index (χ0v) is 14.7. The smallest absolute Gasteiger partial charge is 0.229 e. The molecule has 0 spiro atoms. The lowest BCUT2D eigenvalue weighted by molar-refractivity contribution is 0.342. The molecule has 2 N–H and O–H groups in total. The van der Waals surface area contributed by atoms with Gasteiger partial charge in [-0.3, -0.25) is 0 Å². The van der Waals surface area contributed by atoms with Crippen LogP contribution < -0.4 is 15.4 Å². The van der Waals surface area contributed by atoms with Crippen molar-refractivity contribution in [2.45, 2.75) is 13.8 Å². The first kappa shape index (κ1) is 17.2. The Morgan fingerprint density at radius 1 is 1.04 bits per heavy atom. The van der Waals surface area contributed by atoms with E-state index in [4.69, 9.17) is 10.00 Å². The van der Waals surface area contributed by atoms with E-state index in [0.717, 1.165) is 22.8 Å². The lowest BCUT2D eigenvalue weighted by Gasteiger charge is -2.13. The van der Waals surface area contributed by atoms with Crippen LogP contribution in [-0.2, 0) is 0 Å². The van der Waals surface area contributed by atoms with Crippen molar-refractivity contribution in [1.82, 2.24) is 9.97 Å². The maximum atomic E-state index is 9.02. The van der Waals surface area contributed by atoms with Crippen LogP contribution in [0.3, 0.4) is 0 Å². The molecule has 130 valence electrons. The van der Waals surface area contributed by atoms with Crippen LogP contribution in [0.25, 0.3) is 0 Å². The molecule has 0 fully saturated rings. The summed E-state index contributed by atoms with van der Waals surface area (Å²) in [7, 11) is 0. The maximum absolute atomic E-state index is 9.02. The molecule has 2 aromatic carbocycles. The third-order valence-electron chi connectivity index (χ3n) is 3.55. The molecule has 0 aliphatic rings. The molecule has 0 bridgehead atoms. The van der Waals surface area contributed by atoms with Crippen molar-refractivity contribution in [2.75, 3.05) is 17.2 Å². The van der Waals surface area contributed by atoms with Gasteiger partial charge < -0.3 is 15.4 Å². The number of benzene rings is 2. The molecule has 0 saturated carbocycles. The number of nitrogens with zero attached hydrogens (tertiary/aromatic N) is 3. The molecule has 1 heterocycles. The molecule has 1 aromatic heterocycles. The van der Waals surface area contributed by atoms with Crippen LogP contribution in [0.1, 0.15) is 18.2 Å². The number of aryl methyl sites for hydroxylation is 1. The fraction of sp³-hybridized carbons (Fsp3) is 0.150. The zero-order chi connectivity index (χ0) is 18.4. The fourth-order valence-electron chi connectivity index (χ4n) is 2.47. The Bertz CT molecular complexity index is 949. The summed E-state index contributed by atoms with van der Waals surface area (Å²) in [4.78, 5) is 8.94. The third-order valence-corrected chi connectivity index (χ3v) is 3.55. The third kappa shape index (κ3) is 4.28. The molecule has 0 aliphatic carbocycles. The summed E-state index contributed by atoms with van der Waals surface area (Å²) in [5.41, 5.74) is 3.00. The van der Waals surface area contributed by atoms with Crippen molar-refractivity contribution < 1.29 is 4.74 Å². The second-order valence-electron chi connectivity index (χ2n) is 5.59. The number of aromatic nitrogens is 2. The second kappa shape index (κ2) is 7.99. The van der Waals surface area contributed by atoms with Crippen molar-refractivity contribution in [3.05, 3.63) is 65.9 Å². The molecule has 26 heavy (non-hydrogen) atoms. The van der Waals surface area contributed by atoms with Crippen LogP contribution in [0, 0.1) is 18.3 Å². The summed E-state index contributed by atoms with van der Waals surface area (Å²) in [6.07, 6.45) is 0. The first-order chi connectivity index (χ1) is 12.7. The van der Waals surface area contributed by atoms with E-state index in [1.54, 1.807) is 12.1 Å². The van der Waals surface area contributed by atoms with Gasteiger partial charge in [-0.15, -0.1) is 0 Å². The van der Waals surface area contributed by atoms with Gasteiger partial charge in [-0.2, -0.15) is 10.2 Å². The SMILES string of the molecule is CCOc1ccccc1Nc1nc(C)cc(Nc2cccc(C#N)c2)n1. The number of nitrogens with one attached hydrogen (secondary N) is 2. The summed E-state index contributed by atoms with van der Waals surface area (Å²) < 4.78 is 5.63. The van der Waals surface area contributed by atoms with E-state index in [-0.39, 0.29) is 0 Å². The largest absolute Gasteiger partial charge is 0.492 e. The van der Waals surface area contributed by atoms with E-state index in [2.05, 4.69) is 26.7 Å². The molecule has 0 saturated heterocycles. The molecule has 3 rings (SSSR count). The topological polar surface area (TPSA) is 82.9 Å². The molecule has 0 radical (unpaired) electrons. The van der Waals surface area contributed by atoms with Crippen molar-refractivity contribution >= 4 is 23.1 Å². The molecule has 0 atom stereocenters. The number of anilines is 4. The van der Waals surface area contributed by atoms with Gasteiger partial charge in [-0.1, -0.05) is 18.2 Å². The average Bonchev–Trinajstić information content (AvgIpc) is 2.63. The standard InChI is InChI=1S/C20H19N5O/c1-3-26-18-10-5-4-9-17(18)24-20-22-14(2)11-19(25-20)23-16-8-6-7-15(12-16)13-21/h4-12H,3H2,1-2H3,(H2,22,23,24,25). The van der Waals surface area contributed by atoms with E-state index in [9.17, 15) is 0 Å². The van der Waals surface area contributed by atoms with Crippen molar-refractivity contribution in [3.63, 3.8) is 0 Å². The number of hydrogen-bond acceptors (Lipinski definition) is 6. The summed E-state index contributed by atoms with van der Waals surface area (Å²) in [5.74, 6) is 1.86. The maximum Gasteiger partial charge on any atom is 0.229 e. The van der Waals surface area contributed by atoms with Crippen molar-refractivity contribution in [1.29, 1.82) is 5.26 Å². The summed E-state index contributed by atoms with van der Waals surface area (Å²) in [6, 6.07) is 18.9. The summed E-state index contributed by atoms with van der Waals surface area (Å²) in [6.45, 7) is 4.42. The van der Waals surface area contributed by atoms with Crippen LogP contribution in [0.4, 0.5) is 23.1 Å². The predicted octanol–water partition coefficient (Wildman–Crippen LogP) is 4.54. The Morgan fingerprint density at radius 3 is 2.69 bits per heavy atom. The summed E-state index contributed by atoms with van der Waals surface area (Å²) in [5, 5.41) is 15.4. The van der Waals surface area contributed by atoms with Gasteiger partial charge in [0, 0.05) is 17.4 Å². The average molecular weight is 345 g/mol. The number of ether oxygens (including phenoxy) is 1. The quantitative estimate of drug-likeness (QED) is 0.682. The zero-order valence-electron chi connectivity index (χ0n) is 14.7. The Balaban J connectivity index is 1.85. The minimum absolute atomic E-state index is 0.469. The van der Waals surface area contributed by atoms with E-state index in [1.165, 1.54) is 0 Å². The van der Waals surface area contributed by atoms with Crippen molar-refractivity contribution in [3.8, 4) is 11.8 Å². The normalized spacial score (nSPS) is 10.0. The minimum Gasteiger partial charge on any atom is -0.492 e. The van der Waals surface area contributed by atoms with E-state index in [0.29, 0.717) is 23.9 Å². The van der Waals surface area contributed by atoms with Gasteiger partial charge in [0.25, 0.3) is 0 Å². The van der Waals surface area contributed by atoms with E-state index < -0.39 is 0 Å². The van der Waals surface area contributed by atoms with Gasteiger partial charge in [-0.25, -0.2) is 4.98 Å². The predicted molar refractivity (Wildman–Crippen MR) is 102 cm³/mol. The van der Waals surface area contributed by atoms with Crippen molar-refractivity contribution in [2.24, 2.45) is 0 Å². The molecular weight excluding hydrogens is 326 g/mol. The highest BCUT2D eigenvalue weighted by molar-refractivity contribution is 5.65. The minimum atomic E-state index is 0.469. The van der Waals surface area contributed by atoms with Gasteiger partial charge in [0.15, 0.2) is 0 Å². The second-order valence-corrected chi connectivity index (χ2v) is 5.59. The summed E-state index contributed by atoms with van der Waals surface area (Å²) >= 11 is 0. The van der Waals surface area contributed by atoms with Crippen LogP contribution >= 0.6 is 0 Å². The van der Waals surface area contributed by atoms with E-state index in [1.807, 2.05) is 56.3 Å². The highest BCUT2D eigenvalue weighted by atomic mass is 16.5. The Kier molecular flexibility index (Phi) is 5.30. The van der Waals surface area contributed by atoms with Crippen LogP contribution in [0.5, 0.6) is 5.75 Å². The highest BCUT2D eigenvalue weighted by Gasteiger charge is 2.07. The fourth-order valence-corrected chi connectivity index (χ4v) is 2.47. The lowest BCUT2D eigenvalue weighted by Crippen LogP contribution is -2.04. The molecule has 3 aromatic rings. The van der Waals surface area contributed by atoms with Gasteiger partial charge in [0.2, 0.25) is 5.95 Å². The first-order valence-electron chi connectivity index (χ1n) is 8.29. The molecule has 6 nitrogen and oxygen atoms in total. The van der Waals surface area contributed by atoms with Gasteiger partial charge in [-0.05, 0) is 44.2 Å². The molecule has 0 unspecified atom stereocenters. The molecule has 0 aliphatic heterocycles. The Labute approximate surface area is 152 Å². The van der Waals surface area contributed by atoms with Crippen LogP contribution in [0.2, 0.25) is 0 Å². The van der Waals surface area contributed by atoms with Gasteiger partial charge in [0.1, 0.15) is 11.6 Å². The Morgan fingerprint density at radius 2 is 1.88 bits per heavy atom. The van der Waals surface area contributed by atoms with Gasteiger partial charge >= 0.3 is 0 Å². The Hall–Kier alpha value is -3.59. The number of hydrogen-bond donors (Lipinski definition) is 2.